The van der Waals surface area contributed by atoms with Crippen LogP contribution >= 0.6 is 11.8 Å². The zero-order chi connectivity index (χ0) is 11.3. The van der Waals surface area contributed by atoms with E-state index in [4.69, 9.17) is 5.73 Å². The summed E-state index contributed by atoms with van der Waals surface area (Å²) in [5.41, 5.74) is 6.27. The molecule has 0 aromatic rings. The van der Waals surface area contributed by atoms with Crippen molar-refractivity contribution in [3.05, 3.63) is 0 Å². The van der Waals surface area contributed by atoms with Gasteiger partial charge >= 0.3 is 0 Å². The Morgan fingerprint density at radius 1 is 1.47 bits per heavy atom. The molecule has 0 spiro atoms. The summed E-state index contributed by atoms with van der Waals surface area (Å²) in [7, 11) is 2.25. The molecular weight excluding hydrogens is 204 g/mol. The van der Waals surface area contributed by atoms with Gasteiger partial charge in [-0.1, -0.05) is 26.7 Å². The molecule has 2 N–H and O–H groups in total. The van der Waals surface area contributed by atoms with Gasteiger partial charge in [-0.15, -0.1) is 0 Å². The Balaban J connectivity index is 2.43. The van der Waals surface area contributed by atoms with E-state index in [1.165, 1.54) is 38.0 Å². The molecule has 2 atom stereocenters. The van der Waals surface area contributed by atoms with Crippen molar-refractivity contribution in [3.8, 4) is 0 Å². The number of nitrogens with two attached hydrogens (primary N) is 1. The van der Waals surface area contributed by atoms with Gasteiger partial charge in [0.1, 0.15) is 0 Å². The van der Waals surface area contributed by atoms with Gasteiger partial charge in [0.25, 0.3) is 0 Å². The molecule has 1 rings (SSSR count). The predicted molar refractivity (Wildman–Crippen MR) is 70.5 cm³/mol. The van der Waals surface area contributed by atoms with E-state index in [0.29, 0.717) is 0 Å². The third-order valence-corrected chi connectivity index (χ3v) is 5.03. The van der Waals surface area contributed by atoms with Crippen LogP contribution in [-0.4, -0.2) is 41.6 Å². The van der Waals surface area contributed by atoms with Crippen LogP contribution < -0.4 is 5.73 Å². The largest absolute Gasteiger partial charge is 0.329 e. The molecule has 3 heteroatoms. The Bertz CT molecular complexity index is 186. The first-order chi connectivity index (χ1) is 7.14. The number of hydrogen-bond acceptors (Lipinski definition) is 3. The first-order valence-corrected chi connectivity index (χ1v) is 7.22. The maximum Gasteiger partial charge on any atom is 0.0429 e. The molecule has 0 aliphatic carbocycles. The normalized spacial score (nSPS) is 31.4. The minimum absolute atomic E-state index is 0.290. The van der Waals surface area contributed by atoms with Crippen LogP contribution in [0.4, 0.5) is 0 Å². The third-order valence-electron chi connectivity index (χ3n) is 3.59. The fourth-order valence-electron chi connectivity index (χ4n) is 2.35. The molecule has 1 fully saturated rings. The van der Waals surface area contributed by atoms with Crippen LogP contribution in [-0.2, 0) is 0 Å². The molecule has 1 aliphatic rings. The van der Waals surface area contributed by atoms with E-state index in [9.17, 15) is 0 Å². The second-order valence-corrected chi connectivity index (χ2v) is 6.31. The zero-order valence-corrected chi connectivity index (χ0v) is 11.3. The van der Waals surface area contributed by atoms with Crippen LogP contribution in [0.5, 0.6) is 0 Å². The van der Waals surface area contributed by atoms with Crippen LogP contribution in [0.15, 0.2) is 0 Å². The number of likely N-dealkylation sites (N-methyl/N-ethyl adjacent to an activating group) is 1. The molecule has 0 bridgehead atoms. The maximum absolute atomic E-state index is 5.98. The highest BCUT2D eigenvalue weighted by Gasteiger charge is 2.39. The Hall–Kier alpha value is 0.270. The molecule has 1 heterocycles. The SMILES string of the molecule is CCCCCN(C)C1(CN)CSC(C)C1. The highest BCUT2D eigenvalue weighted by molar-refractivity contribution is 8.00. The van der Waals surface area contributed by atoms with Crippen molar-refractivity contribution in [2.45, 2.75) is 50.3 Å². The Morgan fingerprint density at radius 2 is 2.20 bits per heavy atom. The summed E-state index contributed by atoms with van der Waals surface area (Å²) in [6.45, 7) is 6.60. The van der Waals surface area contributed by atoms with E-state index in [1.54, 1.807) is 0 Å². The van der Waals surface area contributed by atoms with E-state index in [2.05, 4.69) is 37.6 Å². The number of rotatable bonds is 6. The van der Waals surface area contributed by atoms with Crippen molar-refractivity contribution in [3.63, 3.8) is 0 Å². The van der Waals surface area contributed by atoms with E-state index in [-0.39, 0.29) is 5.54 Å². The monoisotopic (exact) mass is 230 g/mol. The average Bonchev–Trinajstić information content (AvgIpc) is 2.62. The van der Waals surface area contributed by atoms with Gasteiger partial charge in [-0.05, 0) is 26.4 Å². The molecule has 0 saturated carbocycles. The summed E-state index contributed by atoms with van der Waals surface area (Å²) < 4.78 is 0. The summed E-state index contributed by atoms with van der Waals surface area (Å²) >= 11 is 2.07. The minimum Gasteiger partial charge on any atom is -0.329 e. The predicted octanol–water partition coefficient (Wildman–Crippen LogP) is 2.33. The van der Waals surface area contributed by atoms with Gasteiger partial charge in [0.05, 0.1) is 0 Å². The van der Waals surface area contributed by atoms with Crippen molar-refractivity contribution < 1.29 is 0 Å². The van der Waals surface area contributed by atoms with Crippen LogP contribution in [0.3, 0.4) is 0 Å². The van der Waals surface area contributed by atoms with Gasteiger partial charge in [-0.2, -0.15) is 11.8 Å². The lowest BCUT2D eigenvalue weighted by molar-refractivity contribution is 0.144. The van der Waals surface area contributed by atoms with Crippen molar-refractivity contribution in [1.29, 1.82) is 0 Å². The van der Waals surface area contributed by atoms with E-state index < -0.39 is 0 Å². The number of unbranched alkanes of at least 4 members (excludes halogenated alkanes) is 2. The van der Waals surface area contributed by atoms with Crippen LogP contribution in [0.2, 0.25) is 0 Å². The van der Waals surface area contributed by atoms with Gasteiger partial charge < -0.3 is 5.73 Å². The van der Waals surface area contributed by atoms with Gasteiger partial charge in [-0.3, -0.25) is 4.90 Å². The Morgan fingerprint density at radius 3 is 2.67 bits per heavy atom. The lowest BCUT2D eigenvalue weighted by atomic mass is 9.94. The van der Waals surface area contributed by atoms with Gasteiger partial charge in [0.15, 0.2) is 0 Å². The average molecular weight is 230 g/mol. The first kappa shape index (κ1) is 13.3. The zero-order valence-electron chi connectivity index (χ0n) is 10.5. The molecule has 1 aliphatic heterocycles. The van der Waals surface area contributed by atoms with Crippen LogP contribution in [0.1, 0.15) is 39.5 Å². The second kappa shape index (κ2) is 6.12. The minimum atomic E-state index is 0.290. The quantitative estimate of drug-likeness (QED) is 0.710. The number of nitrogens with zero attached hydrogens (tertiary/aromatic N) is 1. The second-order valence-electron chi connectivity index (χ2n) is 4.88. The molecule has 2 unspecified atom stereocenters. The van der Waals surface area contributed by atoms with Gasteiger partial charge in [-0.25, -0.2) is 0 Å². The standard InChI is InChI=1S/C12H26N2S/c1-4-5-6-7-14(3)12(9-13)8-11(2)15-10-12/h11H,4-10,13H2,1-3H3. The van der Waals surface area contributed by atoms with Crippen LogP contribution in [0.25, 0.3) is 0 Å². The number of hydrogen-bond donors (Lipinski definition) is 1. The van der Waals surface area contributed by atoms with Crippen molar-refractivity contribution in [1.82, 2.24) is 4.90 Å². The number of thioether (sulfide) groups is 1. The molecule has 1 saturated heterocycles. The molecular formula is C12H26N2S. The molecule has 0 radical (unpaired) electrons. The topological polar surface area (TPSA) is 29.3 Å². The smallest absolute Gasteiger partial charge is 0.0429 e. The van der Waals surface area contributed by atoms with Crippen molar-refractivity contribution in [2.75, 3.05) is 25.9 Å². The third kappa shape index (κ3) is 3.36. The van der Waals surface area contributed by atoms with Crippen molar-refractivity contribution >= 4 is 11.8 Å². The molecule has 0 amide bonds. The van der Waals surface area contributed by atoms with Crippen molar-refractivity contribution in [2.24, 2.45) is 5.73 Å². The Labute approximate surface area is 99.0 Å². The van der Waals surface area contributed by atoms with Gasteiger partial charge in [0, 0.05) is 23.1 Å². The summed E-state index contributed by atoms with van der Waals surface area (Å²) in [5.74, 6) is 1.22. The first-order valence-electron chi connectivity index (χ1n) is 6.17. The molecule has 0 aromatic heterocycles. The molecule has 0 aromatic carbocycles. The fraction of sp³-hybridized carbons (Fsp3) is 1.00. The summed E-state index contributed by atoms with van der Waals surface area (Å²) in [6, 6.07) is 0. The van der Waals surface area contributed by atoms with E-state index in [0.717, 1.165) is 11.8 Å². The van der Waals surface area contributed by atoms with E-state index >= 15 is 0 Å². The molecule has 2 nitrogen and oxygen atoms in total. The summed E-state index contributed by atoms with van der Waals surface area (Å²) in [6.07, 6.45) is 5.22. The van der Waals surface area contributed by atoms with E-state index in [1.807, 2.05) is 0 Å². The lowest BCUT2D eigenvalue weighted by Gasteiger charge is -2.37. The van der Waals surface area contributed by atoms with Gasteiger partial charge in [0.2, 0.25) is 0 Å². The summed E-state index contributed by atoms with van der Waals surface area (Å²) in [5, 5.41) is 0.780. The maximum atomic E-state index is 5.98. The van der Waals surface area contributed by atoms with Crippen LogP contribution in [0, 0.1) is 0 Å². The fourth-order valence-corrected chi connectivity index (χ4v) is 3.83. The Kier molecular flexibility index (Phi) is 5.44. The highest BCUT2D eigenvalue weighted by Crippen LogP contribution is 2.37. The lowest BCUT2D eigenvalue weighted by Crippen LogP contribution is -2.52. The highest BCUT2D eigenvalue weighted by atomic mass is 32.2. The molecule has 90 valence electrons. The summed E-state index contributed by atoms with van der Waals surface area (Å²) in [4.78, 5) is 2.51. The molecule has 15 heavy (non-hydrogen) atoms.